The predicted molar refractivity (Wildman–Crippen MR) is 327 cm³/mol. The van der Waals surface area contributed by atoms with Gasteiger partial charge in [-0.3, -0.25) is 0 Å². The molecule has 3 aromatic carbocycles. The fourth-order valence-corrected chi connectivity index (χ4v) is 11.7. The Balaban J connectivity index is 2.04. The Hall–Kier alpha value is -2.05. The number of hydrogen-bond donors (Lipinski definition) is 0. The Morgan fingerprint density at radius 2 is 0.622 bits per heavy atom. The van der Waals surface area contributed by atoms with Crippen LogP contribution in [0, 0.1) is 0 Å². The molecule has 74 heavy (non-hydrogen) atoms. The van der Waals surface area contributed by atoms with Gasteiger partial charge in [-0.2, -0.15) is 0 Å². The minimum atomic E-state index is -1.07. The van der Waals surface area contributed by atoms with E-state index < -0.39 is 7.32 Å². The lowest BCUT2D eigenvalue weighted by molar-refractivity contribution is -0.958. The third-order valence-corrected chi connectivity index (χ3v) is 16.5. The van der Waals surface area contributed by atoms with Crippen LogP contribution in [0.15, 0.2) is 66.7 Å². The molecule has 0 radical (unpaired) electrons. The van der Waals surface area contributed by atoms with Gasteiger partial charge in [-0.15, -0.1) is 0 Å². The molecule has 0 saturated heterocycles. The highest BCUT2D eigenvalue weighted by Gasteiger charge is 2.40. The quantitative estimate of drug-likeness (QED) is 0.0320. The number of rotatable bonds is 51. The van der Waals surface area contributed by atoms with Gasteiger partial charge in [-0.1, -0.05) is 268 Å². The summed E-state index contributed by atoms with van der Waals surface area (Å²) < 4.78 is 21.3. The first-order chi connectivity index (χ1) is 36.3. The van der Waals surface area contributed by atoms with E-state index in [1.165, 1.54) is 276 Å². The second-order valence-electron chi connectivity index (χ2n) is 22.3. The van der Waals surface area contributed by atoms with E-state index in [0.717, 1.165) is 21.7 Å². The average Bonchev–Trinajstić information content (AvgIpc) is 3.40. The van der Waals surface area contributed by atoms with Crippen LogP contribution in [0.2, 0.25) is 15.1 Å². The zero-order chi connectivity index (χ0) is 53.0. The van der Waals surface area contributed by atoms with Crippen LogP contribution in [-0.4, -0.2) is 31.4 Å². The normalized spacial score (nSPS) is 12.1. The Labute approximate surface area is 472 Å². The number of benzene rings is 3. The van der Waals surface area contributed by atoms with E-state index in [9.17, 15) is 0 Å². The number of unbranched alkanes of at least 4 members (excludes halogenated alkanes) is 35. The maximum Gasteiger partial charge on any atom is 0.864 e. The van der Waals surface area contributed by atoms with Crippen molar-refractivity contribution in [3.63, 3.8) is 0 Å². The van der Waals surface area contributed by atoms with Gasteiger partial charge in [0.15, 0.2) is 0 Å². The van der Waals surface area contributed by atoms with Gasteiger partial charge in [0, 0.05) is 21.5 Å². The van der Waals surface area contributed by atoms with E-state index in [4.69, 9.17) is 48.8 Å². The topological polar surface area (TPSA) is 27.7 Å². The average molecular weight is 1080 g/mol. The predicted octanol–water partition coefficient (Wildman–Crippen LogP) is 23.7. The molecule has 0 saturated carbocycles. The van der Waals surface area contributed by atoms with Crippen molar-refractivity contribution in [2.75, 3.05) is 19.6 Å². The molecule has 0 amide bonds. The minimum absolute atomic E-state index is 0.232. The van der Waals surface area contributed by atoms with Crippen LogP contribution in [0.5, 0.6) is 17.2 Å². The van der Waals surface area contributed by atoms with Crippen molar-refractivity contribution in [1.82, 2.24) is 0 Å². The van der Waals surface area contributed by atoms with Crippen LogP contribution in [0.3, 0.4) is 0 Å². The molecule has 3 aromatic rings. The fourth-order valence-electron chi connectivity index (χ4n) is 11.2. The molecule has 0 bridgehead atoms. The highest BCUT2D eigenvalue weighted by Crippen LogP contribution is 2.42. The van der Waals surface area contributed by atoms with Crippen LogP contribution < -0.4 is 14.0 Å². The highest BCUT2D eigenvalue weighted by molar-refractivity contribution is 6.39. The van der Waals surface area contributed by atoms with E-state index in [0.29, 0.717) is 21.5 Å². The number of hydrogen-bond acceptors (Lipinski definition) is 3. The zero-order valence-corrected chi connectivity index (χ0v) is 50.5. The molecule has 0 spiro atoms. The van der Waals surface area contributed by atoms with Crippen molar-refractivity contribution in [3.8, 4) is 17.2 Å². The van der Waals surface area contributed by atoms with E-state index in [-0.39, 0.29) is 6.04 Å². The molecule has 0 fully saturated rings. The van der Waals surface area contributed by atoms with Gasteiger partial charge in [0.1, 0.15) is 23.3 Å². The summed E-state index contributed by atoms with van der Waals surface area (Å²) >= 11 is 19.9. The monoisotopic (exact) mass is 1080 g/mol. The molecule has 0 heterocycles. The Bertz CT molecular complexity index is 1620. The minimum Gasteiger partial charge on any atom is -0.490 e. The lowest BCUT2D eigenvalue weighted by Gasteiger charge is -2.46. The van der Waals surface area contributed by atoms with E-state index >= 15 is 0 Å². The summed E-state index contributed by atoms with van der Waals surface area (Å²) in [5, 5.41) is 2.05. The second kappa shape index (κ2) is 44.9. The van der Waals surface area contributed by atoms with Crippen molar-refractivity contribution in [3.05, 3.63) is 87.4 Å². The van der Waals surface area contributed by atoms with Crippen molar-refractivity contribution in [2.45, 2.75) is 291 Å². The molecule has 0 N–H and O–H groups in total. The molecule has 0 aliphatic rings. The molecule has 3 rings (SSSR count). The lowest BCUT2D eigenvalue weighted by Crippen LogP contribution is -2.53. The van der Waals surface area contributed by atoms with E-state index in [1.807, 2.05) is 54.6 Å². The van der Waals surface area contributed by atoms with Crippen molar-refractivity contribution in [2.24, 2.45) is 0 Å². The molecule has 8 heteroatoms. The van der Waals surface area contributed by atoms with Gasteiger partial charge in [-0.25, -0.2) is 0 Å². The fraction of sp³-hybridized carbons (Fsp3) is 0.727. The molecule has 0 aliphatic heterocycles. The highest BCUT2D eigenvalue weighted by atomic mass is 35.5. The maximum atomic E-state index is 7.19. The molecule has 1 unspecified atom stereocenters. The summed E-state index contributed by atoms with van der Waals surface area (Å²) in [5.74, 6) is 2.02. The van der Waals surface area contributed by atoms with Crippen LogP contribution in [0.4, 0.5) is 0 Å². The van der Waals surface area contributed by atoms with Gasteiger partial charge < -0.3 is 18.4 Å². The molecule has 4 nitrogen and oxygen atoms in total. The van der Waals surface area contributed by atoms with Crippen molar-refractivity contribution >= 4 is 42.1 Å². The third-order valence-electron chi connectivity index (χ3n) is 15.8. The smallest absolute Gasteiger partial charge is 0.490 e. The first-order valence-corrected chi connectivity index (χ1v) is 32.6. The van der Waals surface area contributed by atoms with Gasteiger partial charge in [0.25, 0.3) is 0 Å². The Morgan fingerprint density at radius 1 is 0.338 bits per heavy atom. The van der Waals surface area contributed by atoms with Gasteiger partial charge in [-0.05, 0) is 112 Å². The van der Waals surface area contributed by atoms with E-state index in [2.05, 4.69) is 39.8 Å². The molecular formula is C66H110BCl3NO3+. The second-order valence-corrected chi connectivity index (χ2v) is 23.6. The first kappa shape index (κ1) is 66.2. The summed E-state index contributed by atoms with van der Waals surface area (Å²) in [5.41, 5.74) is 1.20. The summed E-state index contributed by atoms with van der Waals surface area (Å²) in [6.07, 6.45) is 53.5. The summed E-state index contributed by atoms with van der Waals surface area (Å²) in [4.78, 5) is 0. The third kappa shape index (κ3) is 31.4. The molecule has 1 atom stereocenters. The van der Waals surface area contributed by atoms with Crippen LogP contribution in [0.25, 0.3) is 0 Å². The summed E-state index contributed by atoms with van der Waals surface area (Å²) in [7, 11) is -1.07. The standard InChI is InChI=1S/C66H110BCl3NO3/c1-5-9-13-17-21-25-29-33-37-41-55-71(56-42-38-34-30-26-22-18-14-10-6-2,57-43-39-35-31-27-23-19-15-11-7-3)65(44-40-36-32-28-24-20-16-12-8-4)64-58-61(70)49-54-66(64)74-67(72-62-50-45-59(68)46-51-62)73-63-52-47-60(69)48-53-63/h45-54,58,65H,5-44,55-57H2,1-4H3/q+1. The number of halogens is 3. The molecule has 420 valence electrons. The maximum absolute atomic E-state index is 7.19. The van der Waals surface area contributed by atoms with Crippen LogP contribution in [-0.2, 0) is 0 Å². The van der Waals surface area contributed by atoms with Gasteiger partial charge in [0.05, 0.1) is 25.2 Å². The summed E-state index contributed by atoms with van der Waals surface area (Å²) in [6, 6.07) is 21.4. The van der Waals surface area contributed by atoms with Crippen molar-refractivity contribution in [1.29, 1.82) is 0 Å². The SMILES string of the molecule is CCCCCCCCCCCC[N+](CCCCCCCCCCCC)(CCCCCCCCCCCC)C(CCCCCCCCCCC)c1cc(Cl)ccc1OB(Oc1ccc(Cl)cc1)Oc1ccc(Cl)cc1. The summed E-state index contributed by atoms with van der Waals surface area (Å²) in [6.45, 7) is 12.9. The Kier molecular flexibility index (Phi) is 40.2. The van der Waals surface area contributed by atoms with Gasteiger partial charge in [0.2, 0.25) is 0 Å². The van der Waals surface area contributed by atoms with Crippen LogP contribution >= 0.6 is 34.8 Å². The van der Waals surface area contributed by atoms with Gasteiger partial charge >= 0.3 is 7.32 Å². The van der Waals surface area contributed by atoms with Crippen LogP contribution in [0.1, 0.15) is 296 Å². The first-order valence-electron chi connectivity index (χ1n) is 31.5. The van der Waals surface area contributed by atoms with E-state index in [1.54, 1.807) is 0 Å². The number of nitrogens with zero attached hydrogens (tertiary/aromatic N) is 1. The number of quaternary nitrogens is 1. The van der Waals surface area contributed by atoms with Crippen molar-refractivity contribution < 1.29 is 18.4 Å². The molecular weight excluding hydrogens is 972 g/mol. The lowest BCUT2D eigenvalue weighted by atomic mass is 9.92. The molecule has 0 aromatic heterocycles. The Morgan fingerprint density at radius 3 is 0.946 bits per heavy atom. The zero-order valence-electron chi connectivity index (χ0n) is 48.2. The largest absolute Gasteiger partial charge is 0.864 e. The molecule has 0 aliphatic carbocycles.